The van der Waals surface area contributed by atoms with E-state index in [4.69, 9.17) is 4.98 Å². The van der Waals surface area contributed by atoms with Gasteiger partial charge in [-0.05, 0) is 43.7 Å². The summed E-state index contributed by atoms with van der Waals surface area (Å²) < 4.78 is 31.3. The number of nitrogens with one attached hydrogen (secondary N) is 2. The molecule has 0 atom stereocenters. The van der Waals surface area contributed by atoms with E-state index in [2.05, 4.69) is 20.6 Å². The van der Waals surface area contributed by atoms with Crippen molar-refractivity contribution in [3.05, 3.63) is 76.0 Å². The van der Waals surface area contributed by atoms with Crippen molar-refractivity contribution in [2.45, 2.75) is 13.3 Å². The van der Waals surface area contributed by atoms with Gasteiger partial charge < -0.3 is 20.1 Å². The minimum Gasteiger partial charge on any atom is -0.367 e. The smallest absolute Gasteiger partial charge is 0.276 e. The van der Waals surface area contributed by atoms with Crippen LogP contribution in [-0.2, 0) is 7.05 Å². The zero-order valence-electron chi connectivity index (χ0n) is 20.4. The minimum atomic E-state index is -0.959. The van der Waals surface area contributed by atoms with Crippen LogP contribution >= 0.6 is 0 Å². The summed E-state index contributed by atoms with van der Waals surface area (Å²) in [5.41, 5.74) is 1.77. The fraction of sp³-hybridized carbons (Fsp3) is 0.308. The molecule has 9 nitrogen and oxygen atoms in total. The number of hydrogen-bond acceptors (Lipinski definition) is 6. The number of aromatic nitrogens is 4. The van der Waals surface area contributed by atoms with E-state index in [0.717, 1.165) is 73.3 Å². The van der Waals surface area contributed by atoms with Crippen LogP contribution in [0.3, 0.4) is 0 Å². The van der Waals surface area contributed by atoms with E-state index < -0.39 is 28.8 Å². The number of carbonyl (C=O) groups is 1. The van der Waals surface area contributed by atoms with E-state index in [0.29, 0.717) is 10.4 Å². The van der Waals surface area contributed by atoms with E-state index >= 15 is 0 Å². The van der Waals surface area contributed by atoms with Gasteiger partial charge in [-0.2, -0.15) is 9.78 Å². The van der Waals surface area contributed by atoms with Crippen LogP contribution in [0.15, 0.2) is 47.3 Å². The Kier molecular flexibility index (Phi) is 5.34. The number of nitrogens with zero attached hydrogens (tertiary/aromatic N) is 5. The average Bonchev–Trinajstić information content (AvgIpc) is 3.42. The summed E-state index contributed by atoms with van der Waals surface area (Å²) in [6.07, 6.45) is 1.04. The number of fused-ring (bicyclic) bond motifs is 1. The zero-order chi connectivity index (χ0) is 25.9. The molecule has 2 aromatic carbocycles. The number of carbonyl (C=O) groups excluding carboxylic acids is 1. The van der Waals surface area contributed by atoms with Crippen molar-refractivity contribution in [1.82, 2.24) is 24.6 Å². The molecule has 2 aliphatic rings. The number of para-hydroxylation sites is 1. The number of halogens is 2. The monoisotopic (exact) mass is 505 g/mol. The van der Waals surface area contributed by atoms with Crippen LogP contribution in [0.1, 0.15) is 22.7 Å². The zero-order valence-corrected chi connectivity index (χ0v) is 20.4. The van der Waals surface area contributed by atoms with E-state index in [-0.39, 0.29) is 11.1 Å². The summed E-state index contributed by atoms with van der Waals surface area (Å²) in [7, 11) is 1.95. The lowest BCUT2D eigenvalue weighted by molar-refractivity contribution is 0.102. The molecule has 0 bridgehead atoms. The fourth-order valence-corrected chi connectivity index (χ4v) is 5.25. The van der Waals surface area contributed by atoms with Gasteiger partial charge in [0.05, 0.1) is 16.9 Å². The maximum Gasteiger partial charge on any atom is 0.276 e. The van der Waals surface area contributed by atoms with Crippen LogP contribution in [0, 0.1) is 24.0 Å². The van der Waals surface area contributed by atoms with Crippen molar-refractivity contribution < 1.29 is 13.6 Å². The lowest BCUT2D eigenvalue weighted by atomic mass is 9.81. The van der Waals surface area contributed by atoms with Gasteiger partial charge in [0.15, 0.2) is 11.6 Å². The van der Waals surface area contributed by atoms with Crippen LogP contribution in [0.4, 0.5) is 20.2 Å². The number of aryl methyl sites for hydroxylation is 2. The maximum absolute atomic E-state index is 14.3. The third-order valence-corrected chi connectivity index (χ3v) is 7.44. The topological polar surface area (TPSA) is 97.1 Å². The van der Waals surface area contributed by atoms with Crippen LogP contribution in [0.5, 0.6) is 0 Å². The standard InChI is InChI=1S/C26H25F2N7O2/c1-15-30-22-20(33(15)2)8-6-18(24(22)34-11-10-26(14-34)12-29-13-26)31-25(37)19-7-9-21(36)35(32-19)23-16(27)4-3-5-17(23)28/h3-9,29H,10-14H2,1-2H3,(H,31,37). The van der Waals surface area contributed by atoms with Crippen LogP contribution in [-0.4, -0.2) is 51.4 Å². The summed E-state index contributed by atoms with van der Waals surface area (Å²) in [4.78, 5) is 32.7. The Balaban J connectivity index is 1.39. The molecule has 37 heavy (non-hydrogen) atoms. The Morgan fingerprint density at radius 2 is 1.84 bits per heavy atom. The molecule has 2 aliphatic heterocycles. The van der Waals surface area contributed by atoms with Gasteiger partial charge in [-0.3, -0.25) is 9.59 Å². The van der Waals surface area contributed by atoms with Gasteiger partial charge in [0.25, 0.3) is 11.5 Å². The summed E-state index contributed by atoms with van der Waals surface area (Å²) in [6.45, 7) is 5.52. The Morgan fingerprint density at radius 1 is 1.08 bits per heavy atom. The Hall–Kier alpha value is -4.12. The lowest BCUT2D eigenvalue weighted by Crippen LogP contribution is -2.54. The number of anilines is 2. The molecule has 0 saturated carbocycles. The van der Waals surface area contributed by atoms with Gasteiger partial charge >= 0.3 is 0 Å². The molecule has 4 heterocycles. The molecule has 0 aliphatic carbocycles. The Labute approximate surface area is 210 Å². The molecule has 2 saturated heterocycles. The summed E-state index contributed by atoms with van der Waals surface area (Å²) in [5.74, 6) is -1.68. The van der Waals surface area contributed by atoms with E-state index in [9.17, 15) is 18.4 Å². The van der Waals surface area contributed by atoms with Crippen molar-refractivity contribution in [3.63, 3.8) is 0 Å². The predicted octanol–water partition coefficient (Wildman–Crippen LogP) is 2.76. The number of imidazole rings is 1. The first-order chi connectivity index (χ1) is 17.8. The highest BCUT2D eigenvalue weighted by Gasteiger charge is 2.44. The third-order valence-electron chi connectivity index (χ3n) is 7.44. The summed E-state index contributed by atoms with van der Waals surface area (Å²) in [6, 6.07) is 9.26. The molecule has 2 N–H and O–H groups in total. The van der Waals surface area contributed by atoms with Gasteiger partial charge in [0.2, 0.25) is 0 Å². The Morgan fingerprint density at radius 3 is 2.51 bits per heavy atom. The molecule has 1 amide bonds. The van der Waals surface area contributed by atoms with Crippen LogP contribution in [0.25, 0.3) is 16.7 Å². The second kappa shape index (κ2) is 8.48. The van der Waals surface area contributed by atoms with E-state index in [1.54, 1.807) is 0 Å². The second-order valence-electron chi connectivity index (χ2n) is 9.82. The normalized spacial score (nSPS) is 16.4. The summed E-state index contributed by atoms with van der Waals surface area (Å²) in [5, 5.41) is 10.2. The highest BCUT2D eigenvalue weighted by atomic mass is 19.1. The molecular formula is C26H25F2N7O2. The SMILES string of the molecule is Cc1nc2c(N3CCC4(CNC4)C3)c(NC(=O)c3ccc(=O)n(-c4c(F)cccc4F)n3)ccc2n1C. The van der Waals surface area contributed by atoms with E-state index in [1.807, 2.05) is 30.7 Å². The first-order valence-electron chi connectivity index (χ1n) is 12.0. The molecule has 0 unspecified atom stereocenters. The first kappa shape index (κ1) is 23.3. The van der Waals surface area contributed by atoms with Crippen molar-refractivity contribution in [2.24, 2.45) is 12.5 Å². The molecule has 6 rings (SSSR count). The quantitative estimate of drug-likeness (QED) is 0.443. The number of amides is 1. The van der Waals surface area contributed by atoms with Crippen LogP contribution < -0.4 is 21.1 Å². The number of hydrogen-bond donors (Lipinski definition) is 2. The molecule has 2 fully saturated rings. The van der Waals surface area contributed by atoms with Crippen molar-refractivity contribution >= 4 is 28.3 Å². The van der Waals surface area contributed by atoms with Gasteiger partial charge in [-0.1, -0.05) is 6.07 Å². The number of rotatable bonds is 4. The predicted molar refractivity (Wildman–Crippen MR) is 135 cm³/mol. The molecule has 190 valence electrons. The van der Waals surface area contributed by atoms with Gasteiger partial charge in [0, 0.05) is 44.7 Å². The maximum atomic E-state index is 14.3. The third kappa shape index (κ3) is 3.77. The number of benzene rings is 2. The molecule has 11 heteroatoms. The van der Waals surface area contributed by atoms with Crippen molar-refractivity contribution in [3.8, 4) is 5.69 Å². The van der Waals surface area contributed by atoms with Gasteiger partial charge in [-0.15, -0.1) is 0 Å². The molecule has 0 radical (unpaired) electrons. The van der Waals surface area contributed by atoms with Crippen LogP contribution in [0.2, 0.25) is 0 Å². The van der Waals surface area contributed by atoms with E-state index in [1.165, 1.54) is 12.1 Å². The fourth-order valence-electron chi connectivity index (χ4n) is 5.25. The first-order valence-corrected chi connectivity index (χ1v) is 12.0. The largest absolute Gasteiger partial charge is 0.367 e. The molecule has 2 aromatic heterocycles. The van der Waals surface area contributed by atoms with Crippen molar-refractivity contribution in [2.75, 3.05) is 36.4 Å². The van der Waals surface area contributed by atoms with Gasteiger partial charge in [0.1, 0.15) is 22.7 Å². The minimum absolute atomic E-state index is 0.161. The highest BCUT2D eigenvalue weighted by molar-refractivity contribution is 6.08. The highest BCUT2D eigenvalue weighted by Crippen LogP contribution is 2.42. The van der Waals surface area contributed by atoms with Gasteiger partial charge in [-0.25, -0.2) is 13.8 Å². The van der Waals surface area contributed by atoms with Crippen molar-refractivity contribution in [1.29, 1.82) is 0 Å². The molecule has 1 spiro atoms. The average molecular weight is 506 g/mol. The second-order valence-corrected chi connectivity index (χ2v) is 9.82. The summed E-state index contributed by atoms with van der Waals surface area (Å²) >= 11 is 0. The molecule has 4 aromatic rings. The lowest BCUT2D eigenvalue weighted by Gasteiger charge is -2.39. The molecular weight excluding hydrogens is 480 g/mol. The Bertz CT molecular complexity index is 1600.